The van der Waals surface area contributed by atoms with Crippen LogP contribution in [0.1, 0.15) is 24.4 Å². The number of aryl methyl sites for hydroxylation is 1. The van der Waals surface area contributed by atoms with Gasteiger partial charge in [0.1, 0.15) is 18.2 Å². The number of aromatic nitrogens is 2. The van der Waals surface area contributed by atoms with Gasteiger partial charge < -0.3 is 15.0 Å². The number of imidazole rings is 1. The zero-order valence-corrected chi connectivity index (χ0v) is 12.3. The summed E-state index contributed by atoms with van der Waals surface area (Å²) >= 11 is 0. The van der Waals surface area contributed by atoms with Crippen molar-refractivity contribution in [3.05, 3.63) is 60.2 Å². The Hall–Kier alpha value is -2.33. The van der Waals surface area contributed by atoms with Gasteiger partial charge in [-0.25, -0.2) is 4.98 Å². The predicted molar refractivity (Wildman–Crippen MR) is 84.1 cm³/mol. The van der Waals surface area contributed by atoms with Crippen molar-refractivity contribution in [3.8, 4) is 5.75 Å². The maximum atomic E-state index is 6.08. The molecule has 0 aliphatic rings. The minimum atomic E-state index is -0.0778. The molecule has 3 rings (SSSR count). The van der Waals surface area contributed by atoms with Gasteiger partial charge in [-0.15, -0.1) is 0 Å². The van der Waals surface area contributed by atoms with E-state index in [-0.39, 0.29) is 6.04 Å². The molecule has 1 atom stereocenters. The molecule has 4 nitrogen and oxygen atoms in total. The minimum absolute atomic E-state index is 0.0778. The Morgan fingerprint density at radius 2 is 2.05 bits per heavy atom. The van der Waals surface area contributed by atoms with E-state index in [4.69, 9.17) is 10.5 Å². The van der Waals surface area contributed by atoms with E-state index in [2.05, 4.69) is 23.2 Å². The van der Waals surface area contributed by atoms with Crippen LogP contribution in [-0.4, -0.2) is 9.55 Å². The van der Waals surface area contributed by atoms with Gasteiger partial charge in [0.25, 0.3) is 0 Å². The van der Waals surface area contributed by atoms with E-state index in [9.17, 15) is 0 Å². The number of hydrogen-bond donors (Lipinski definition) is 1. The van der Waals surface area contributed by atoms with Gasteiger partial charge in [-0.2, -0.15) is 0 Å². The summed E-state index contributed by atoms with van der Waals surface area (Å²) in [6.07, 6.45) is 3.68. The average Bonchev–Trinajstić information content (AvgIpc) is 2.89. The number of ether oxygens (including phenoxy) is 1. The van der Waals surface area contributed by atoms with Crippen molar-refractivity contribution in [3.63, 3.8) is 0 Å². The quantitative estimate of drug-likeness (QED) is 0.799. The molecule has 0 spiro atoms. The van der Waals surface area contributed by atoms with Crippen molar-refractivity contribution in [2.75, 3.05) is 0 Å². The van der Waals surface area contributed by atoms with Crippen LogP contribution in [0.25, 0.3) is 10.8 Å². The first-order valence-corrected chi connectivity index (χ1v) is 7.03. The number of nitrogens with two attached hydrogens (primary N) is 1. The summed E-state index contributed by atoms with van der Waals surface area (Å²) in [6, 6.07) is 12.2. The highest BCUT2D eigenvalue weighted by Gasteiger charge is 2.13. The van der Waals surface area contributed by atoms with Crippen molar-refractivity contribution >= 4 is 10.8 Å². The topological polar surface area (TPSA) is 53.1 Å². The molecular weight excluding hydrogens is 262 g/mol. The smallest absolute Gasteiger partial charge is 0.146 e. The van der Waals surface area contributed by atoms with Crippen LogP contribution in [0.5, 0.6) is 5.75 Å². The first kappa shape index (κ1) is 13.6. The SMILES string of the molecule is CC(N)c1ccc2ccccc2c1OCc1nccn1C. The molecular formula is C17H19N3O. The molecule has 0 aliphatic heterocycles. The van der Waals surface area contributed by atoms with Crippen molar-refractivity contribution in [1.29, 1.82) is 0 Å². The molecule has 0 amide bonds. The average molecular weight is 281 g/mol. The van der Waals surface area contributed by atoms with Gasteiger partial charge in [-0.1, -0.05) is 36.4 Å². The van der Waals surface area contributed by atoms with Crippen LogP contribution < -0.4 is 10.5 Å². The van der Waals surface area contributed by atoms with Crippen molar-refractivity contribution in [2.45, 2.75) is 19.6 Å². The van der Waals surface area contributed by atoms with Crippen LogP contribution in [0.15, 0.2) is 48.8 Å². The zero-order valence-electron chi connectivity index (χ0n) is 12.3. The van der Waals surface area contributed by atoms with Gasteiger partial charge >= 0.3 is 0 Å². The molecule has 21 heavy (non-hydrogen) atoms. The van der Waals surface area contributed by atoms with E-state index in [1.807, 2.05) is 42.9 Å². The normalized spacial score (nSPS) is 12.5. The monoisotopic (exact) mass is 281 g/mol. The van der Waals surface area contributed by atoms with Crippen LogP contribution in [0.2, 0.25) is 0 Å². The lowest BCUT2D eigenvalue weighted by molar-refractivity contribution is 0.291. The van der Waals surface area contributed by atoms with E-state index in [1.54, 1.807) is 6.20 Å². The Balaban J connectivity index is 2.02. The molecule has 3 aromatic rings. The molecule has 4 heteroatoms. The van der Waals surface area contributed by atoms with E-state index in [0.717, 1.165) is 27.9 Å². The van der Waals surface area contributed by atoms with Crippen molar-refractivity contribution < 1.29 is 4.74 Å². The summed E-state index contributed by atoms with van der Waals surface area (Å²) in [4.78, 5) is 4.29. The van der Waals surface area contributed by atoms with Crippen molar-refractivity contribution in [2.24, 2.45) is 12.8 Å². The maximum Gasteiger partial charge on any atom is 0.146 e. The lowest BCUT2D eigenvalue weighted by Gasteiger charge is -2.16. The van der Waals surface area contributed by atoms with Gasteiger partial charge in [-0.05, 0) is 12.3 Å². The van der Waals surface area contributed by atoms with E-state index in [0.29, 0.717) is 6.61 Å². The van der Waals surface area contributed by atoms with Gasteiger partial charge in [0.15, 0.2) is 0 Å². The molecule has 108 valence electrons. The lowest BCUT2D eigenvalue weighted by Crippen LogP contribution is -2.10. The van der Waals surface area contributed by atoms with Gasteiger partial charge in [-0.3, -0.25) is 0 Å². The lowest BCUT2D eigenvalue weighted by atomic mass is 10.0. The fourth-order valence-corrected chi connectivity index (χ4v) is 2.45. The molecule has 0 radical (unpaired) electrons. The summed E-state index contributed by atoms with van der Waals surface area (Å²) in [7, 11) is 1.96. The number of rotatable bonds is 4. The Kier molecular flexibility index (Phi) is 3.62. The van der Waals surface area contributed by atoms with Gasteiger partial charge in [0.2, 0.25) is 0 Å². The molecule has 0 fully saturated rings. The van der Waals surface area contributed by atoms with E-state index >= 15 is 0 Å². The van der Waals surface area contributed by atoms with Crippen LogP contribution in [0.4, 0.5) is 0 Å². The highest BCUT2D eigenvalue weighted by atomic mass is 16.5. The van der Waals surface area contributed by atoms with Gasteiger partial charge in [0, 0.05) is 36.4 Å². The third kappa shape index (κ3) is 2.62. The molecule has 2 aromatic carbocycles. The van der Waals surface area contributed by atoms with Crippen LogP contribution in [-0.2, 0) is 13.7 Å². The molecule has 0 saturated carbocycles. The number of nitrogens with zero attached hydrogens (tertiary/aromatic N) is 2. The second kappa shape index (κ2) is 5.58. The number of benzene rings is 2. The molecule has 0 aliphatic carbocycles. The fourth-order valence-electron chi connectivity index (χ4n) is 2.45. The van der Waals surface area contributed by atoms with Crippen molar-refractivity contribution in [1.82, 2.24) is 9.55 Å². The van der Waals surface area contributed by atoms with E-state index < -0.39 is 0 Å². The van der Waals surface area contributed by atoms with Crippen LogP contribution in [0, 0.1) is 0 Å². The Morgan fingerprint density at radius 1 is 1.24 bits per heavy atom. The number of fused-ring (bicyclic) bond motifs is 1. The summed E-state index contributed by atoms with van der Waals surface area (Å²) in [5, 5.41) is 2.23. The Labute approximate surface area is 124 Å². The highest BCUT2D eigenvalue weighted by Crippen LogP contribution is 2.33. The molecule has 1 unspecified atom stereocenters. The third-order valence-electron chi connectivity index (χ3n) is 3.67. The van der Waals surface area contributed by atoms with Crippen LogP contribution in [0.3, 0.4) is 0 Å². The Morgan fingerprint density at radius 3 is 2.76 bits per heavy atom. The first-order valence-electron chi connectivity index (χ1n) is 7.03. The first-order chi connectivity index (χ1) is 10.2. The summed E-state index contributed by atoms with van der Waals surface area (Å²) < 4.78 is 8.03. The predicted octanol–water partition coefficient (Wildman–Crippen LogP) is 3.17. The second-order valence-corrected chi connectivity index (χ2v) is 5.24. The molecule has 0 saturated heterocycles. The summed E-state index contributed by atoms with van der Waals surface area (Å²) in [5.74, 6) is 1.74. The molecule has 0 bridgehead atoms. The summed E-state index contributed by atoms with van der Waals surface area (Å²) in [6.45, 7) is 2.40. The third-order valence-corrected chi connectivity index (χ3v) is 3.67. The molecule has 1 aromatic heterocycles. The zero-order chi connectivity index (χ0) is 14.8. The maximum absolute atomic E-state index is 6.08. The standard InChI is InChI=1S/C17H19N3O/c1-12(18)14-8-7-13-5-3-4-6-15(13)17(14)21-11-16-19-9-10-20(16)2/h3-10,12H,11,18H2,1-2H3. The number of hydrogen-bond acceptors (Lipinski definition) is 3. The summed E-state index contributed by atoms with van der Waals surface area (Å²) in [5.41, 5.74) is 7.10. The Bertz CT molecular complexity index is 762. The largest absolute Gasteiger partial charge is 0.485 e. The van der Waals surface area contributed by atoms with E-state index in [1.165, 1.54) is 0 Å². The second-order valence-electron chi connectivity index (χ2n) is 5.24. The van der Waals surface area contributed by atoms with Crippen LogP contribution >= 0.6 is 0 Å². The molecule has 1 heterocycles. The van der Waals surface area contributed by atoms with Gasteiger partial charge in [0.05, 0.1) is 0 Å². The minimum Gasteiger partial charge on any atom is -0.485 e. The molecule has 2 N–H and O–H groups in total. The highest BCUT2D eigenvalue weighted by molar-refractivity contribution is 5.89. The fraction of sp³-hybridized carbons (Fsp3) is 0.235.